The van der Waals surface area contributed by atoms with Crippen LogP contribution < -0.4 is 5.32 Å². The topological polar surface area (TPSA) is 62.1 Å². The molecule has 0 saturated heterocycles. The highest BCUT2D eigenvalue weighted by atomic mass is 16.5. The molecule has 0 aliphatic carbocycles. The molecular formula is C15H20N2O2. The maximum absolute atomic E-state index is 11.7. The van der Waals surface area contributed by atoms with Gasteiger partial charge in [-0.05, 0) is 24.1 Å². The Balaban J connectivity index is 2.67. The molecular weight excluding hydrogens is 240 g/mol. The molecule has 1 rings (SSSR count). The number of benzene rings is 1. The van der Waals surface area contributed by atoms with Crippen molar-refractivity contribution in [1.29, 1.82) is 5.26 Å². The predicted molar refractivity (Wildman–Crippen MR) is 74.7 cm³/mol. The average Bonchev–Trinajstić information content (AvgIpc) is 2.44. The van der Waals surface area contributed by atoms with Gasteiger partial charge in [-0.25, -0.2) is 4.79 Å². The third kappa shape index (κ3) is 5.01. The van der Waals surface area contributed by atoms with E-state index in [1.165, 1.54) is 7.11 Å². The van der Waals surface area contributed by atoms with Crippen LogP contribution in [-0.4, -0.2) is 19.1 Å². The van der Waals surface area contributed by atoms with Crippen molar-refractivity contribution in [3.05, 3.63) is 29.8 Å². The number of hydrogen-bond donors (Lipinski definition) is 1. The first kappa shape index (κ1) is 15.0. The van der Waals surface area contributed by atoms with Crippen LogP contribution in [0.2, 0.25) is 0 Å². The summed E-state index contributed by atoms with van der Waals surface area (Å²) in [5.74, 6) is -0.241. The zero-order valence-electron chi connectivity index (χ0n) is 11.5. The van der Waals surface area contributed by atoms with E-state index in [9.17, 15) is 4.79 Å². The molecule has 0 aromatic heterocycles. The monoisotopic (exact) mass is 260 g/mol. The Morgan fingerprint density at radius 1 is 1.42 bits per heavy atom. The molecule has 0 aliphatic rings. The minimum atomic E-state index is -0.313. The summed E-state index contributed by atoms with van der Waals surface area (Å²) in [6.45, 7) is 2.09. The normalized spacial score (nSPS) is 11.4. The van der Waals surface area contributed by atoms with E-state index in [4.69, 9.17) is 10.00 Å². The predicted octanol–water partition coefficient (Wildman–Crippen LogP) is 2.90. The number of esters is 1. The summed E-state index contributed by atoms with van der Waals surface area (Å²) in [4.78, 5) is 11.7. The largest absolute Gasteiger partial charge is 0.467 e. The second kappa shape index (κ2) is 8.15. The van der Waals surface area contributed by atoms with Crippen molar-refractivity contribution in [3.63, 3.8) is 0 Å². The van der Waals surface area contributed by atoms with Crippen molar-refractivity contribution in [3.8, 4) is 6.07 Å². The lowest BCUT2D eigenvalue weighted by molar-refractivity contribution is -0.141. The summed E-state index contributed by atoms with van der Waals surface area (Å²) < 4.78 is 4.80. The molecule has 4 nitrogen and oxygen atoms in total. The number of nitrogens with zero attached hydrogens (tertiary/aromatic N) is 1. The molecule has 0 saturated carbocycles. The highest BCUT2D eigenvalue weighted by molar-refractivity contribution is 5.79. The van der Waals surface area contributed by atoms with E-state index >= 15 is 0 Å². The molecule has 1 aromatic carbocycles. The van der Waals surface area contributed by atoms with Crippen LogP contribution in [0.4, 0.5) is 5.69 Å². The van der Waals surface area contributed by atoms with Gasteiger partial charge in [0.25, 0.3) is 0 Å². The van der Waals surface area contributed by atoms with Crippen molar-refractivity contribution in [2.24, 2.45) is 0 Å². The molecule has 0 amide bonds. The van der Waals surface area contributed by atoms with E-state index in [1.54, 1.807) is 0 Å². The lowest BCUT2D eigenvalue weighted by atomic mass is 10.1. The zero-order chi connectivity index (χ0) is 14.1. The molecule has 0 heterocycles. The van der Waals surface area contributed by atoms with Gasteiger partial charge < -0.3 is 10.1 Å². The summed E-state index contributed by atoms with van der Waals surface area (Å²) in [5.41, 5.74) is 1.84. The fourth-order valence-electron chi connectivity index (χ4n) is 1.81. The molecule has 0 bridgehead atoms. The van der Waals surface area contributed by atoms with Gasteiger partial charge in [0.15, 0.2) is 0 Å². The van der Waals surface area contributed by atoms with Crippen LogP contribution in [0, 0.1) is 11.3 Å². The zero-order valence-corrected chi connectivity index (χ0v) is 11.5. The Kier molecular flexibility index (Phi) is 6.45. The van der Waals surface area contributed by atoms with Crippen LogP contribution in [-0.2, 0) is 16.0 Å². The molecule has 19 heavy (non-hydrogen) atoms. The molecule has 0 radical (unpaired) electrons. The Morgan fingerprint density at radius 2 is 2.11 bits per heavy atom. The first-order valence-electron chi connectivity index (χ1n) is 6.51. The van der Waals surface area contributed by atoms with Crippen LogP contribution >= 0.6 is 0 Å². The van der Waals surface area contributed by atoms with Gasteiger partial charge in [0.05, 0.1) is 19.6 Å². The summed E-state index contributed by atoms with van der Waals surface area (Å²) in [6.07, 6.45) is 3.16. The average molecular weight is 260 g/mol. The maximum Gasteiger partial charge on any atom is 0.328 e. The second-order valence-corrected chi connectivity index (χ2v) is 4.39. The number of carbonyl (C=O) groups excluding carboxylic acids is 1. The molecule has 1 aromatic rings. The second-order valence-electron chi connectivity index (χ2n) is 4.39. The van der Waals surface area contributed by atoms with Gasteiger partial charge in [-0.2, -0.15) is 5.26 Å². The molecule has 4 heteroatoms. The number of unbranched alkanes of at least 4 members (excludes halogenated alkanes) is 1. The highest BCUT2D eigenvalue weighted by Gasteiger charge is 2.17. The van der Waals surface area contributed by atoms with Crippen molar-refractivity contribution in [2.75, 3.05) is 12.4 Å². The van der Waals surface area contributed by atoms with Crippen LogP contribution in [0.25, 0.3) is 0 Å². The lowest BCUT2D eigenvalue weighted by Crippen LogP contribution is -2.30. The van der Waals surface area contributed by atoms with Crippen LogP contribution in [0.3, 0.4) is 0 Å². The number of carbonyl (C=O) groups is 1. The highest BCUT2D eigenvalue weighted by Crippen LogP contribution is 2.14. The standard InChI is InChI=1S/C15H20N2O2/c1-3-4-5-14(15(18)19-2)17-13-8-6-12(7-9-13)10-11-16/h6-9,14,17H,3-5,10H2,1-2H3. The molecule has 1 N–H and O–H groups in total. The maximum atomic E-state index is 11.7. The van der Waals surface area contributed by atoms with E-state index in [0.717, 1.165) is 30.5 Å². The third-order valence-electron chi connectivity index (χ3n) is 2.91. The van der Waals surface area contributed by atoms with Gasteiger partial charge in [0.2, 0.25) is 0 Å². The molecule has 0 fully saturated rings. The van der Waals surface area contributed by atoms with Crippen molar-refractivity contribution < 1.29 is 9.53 Å². The van der Waals surface area contributed by atoms with E-state index in [2.05, 4.69) is 18.3 Å². The molecule has 0 aliphatic heterocycles. The number of ether oxygens (including phenoxy) is 1. The fraction of sp³-hybridized carbons (Fsp3) is 0.467. The molecule has 0 spiro atoms. The van der Waals surface area contributed by atoms with E-state index in [0.29, 0.717) is 6.42 Å². The third-order valence-corrected chi connectivity index (χ3v) is 2.91. The SMILES string of the molecule is CCCCC(Nc1ccc(CC#N)cc1)C(=O)OC. The quantitative estimate of drug-likeness (QED) is 0.766. The van der Waals surface area contributed by atoms with Crippen molar-refractivity contribution >= 4 is 11.7 Å². The first-order valence-corrected chi connectivity index (χ1v) is 6.51. The summed E-state index contributed by atoms with van der Waals surface area (Å²) in [7, 11) is 1.40. The van der Waals surface area contributed by atoms with Crippen LogP contribution in [0.5, 0.6) is 0 Å². The number of hydrogen-bond acceptors (Lipinski definition) is 4. The summed E-state index contributed by atoms with van der Waals surface area (Å²) in [6, 6.07) is 9.34. The Hall–Kier alpha value is -2.02. The Bertz CT molecular complexity index is 434. The van der Waals surface area contributed by atoms with E-state index in [-0.39, 0.29) is 12.0 Å². The number of methoxy groups -OCH3 is 1. The van der Waals surface area contributed by atoms with Gasteiger partial charge in [-0.1, -0.05) is 31.9 Å². The van der Waals surface area contributed by atoms with Gasteiger partial charge in [-0.3, -0.25) is 0 Å². The smallest absolute Gasteiger partial charge is 0.328 e. The molecule has 1 unspecified atom stereocenters. The number of nitrogens with one attached hydrogen (secondary N) is 1. The van der Waals surface area contributed by atoms with E-state index < -0.39 is 0 Å². The van der Waals surface area contributed by atoms with Crippen molar-refractivity contribution in [2.45, 2.75) is 38.6 Å². The van der Waals surface area contributed by atoms with Crippen LogP contribution in [0.1, 0.15) is 31.7 Å². The van der Waals surface area contributed by atoms with Crippen LogP contribution in [0.15, 0.2) is 24.3 Å². The minimum absolute atomic E-state index is 0.241. The number of anilines is 1. The molecule has 1 atom stereocenters. The number of nitriles is 1. The van der Waals surface area contributed by atoms with Crippen molar-refractivity contribution in [1.82, 2.24) is 0 Å². The van der Waals surface area contributed by atoms with Gasteiger partial charge in [0.1, 0.15) is 6.04 Å². The van der Waals surface area contributed by atoms with Gasteiger partial charge in [-0.15, -0.1) is 0 Å². The summed E-state index contributed by atoms with van der Waals surface area (Å²) in [5, 5.41) is 11.8. The minimum Gasteiger partial charge on any atom is -0.467 e. The van der Waals surface area contributed by atoms with Gasteiger partial charge >= 0.3 is 5.97 Å². The Labute approximate surface area is 114 Å². The Morgan fingerprint density at radius 3 is 2.63 bits per heavy atom. The van der Waals surface area contributed by atoms with Gasteiger partial charge in [0, 0.05) is 5.69 Å². The molecule has 102 valence electrons. The first-order chi connectivity index (χ1) is 9.21. The lowest BCUT2D eigenvalue weighted by Gasteiger charge is -2.17. The fourth-order valence-corrected chi connectivity index (χ4v) is 1.81. The van der Waals surface area contributed by atoms with E-state index in [1.807, 2.05) is 24.3 Å². The summed E-state index contributed by atoms with van der Waals surface area (Å²) >= 11 is 0. The number of rotatable bonds is 7.